The fourth-order valence-electron chi connectivity index (χ4n) is 1.85. The number of rotatable bonds is 2. The van der Waals surface area contributed by atoms with E-state index in [9.17, 15) is 8.42 Å². The Hall–Kier alpha value is -0.690. The van der Waals surface area contributed by atoms with E-state index in [1.54, 1.807) is 6.20 Å². The summed E-state index contributed by atoms with van der Waals surface area (Å²) in [6.45, 7) is 3.07. The molecular formula is C10H14BrN3O2S. The zero-order valence-corrected chi connectivity index (χ0v) is 12.1. The van der Waals surface area contributed by atoms with Crippen molar-refractivity contribution in [2.24, 2.45) is 0 Å². The highest BCUT2D eigenvalue weighted by molar-refractivity contribution is 9.10. The molecule has 1 fully saturated rings. The molecule has 5 nitrogen and oxygen atoms in total. The van der Waals surface area contributed by atoms with Gasteiger partial charge in [-0.1, -0.05) is 0 Å². The van der Waals surface area contributed by atoms with Crippen molar-refractivity contribution in [2.75, 3.05) is 24.2 Å². The van der Waals surface area contributed by atoms with Gasteiger partial charge in [0.2, 0.25) is 5.95 Å². The molecule has 1 aliphatic rings. The maximum atomic E-state index is 11.5. The van der Waals surface area contributed by atoms with Crippen LogP contribution in [0.2, 0.25) is 0 Å². The van der Waals surface area contributed by atoms with E-state index < -0.39 is 9.84 Å². The molecule has 0 N–H and O–H groups in total. The second-order valence-electron chi connectivity index (χ2n) is 4.29. The second-order valence-corrected chi connectivity index (χ2v) is 7.47. The molecule has 7 heteroatoms. The number of aryl methyl sites for hydroxylation is 1. The second kappa shape index (κ2) is 4.53. The summed E-state index contributed by atoms with van der Waals surface area (Å²) in [5, 5.41) is -0.296. The van der Waals surface area contributed by atoms with Crippen LogP contribution < -0.4 is 4.90 Å². The average molecular weight is 320 g/mol. The summed E-state index contributed by atoms with van der Waals surface area (Å²) in [5.74, 6) is 0.608. The summed E-state index contributed by atoms with van der Waals surface area (Å²) in [5.41, 5.74) is 0.859. The lowest BCUT2D eigenvalue weighted by molar-refractivity contribution is 0.589. The Labute approximate surface area is 109 Å². The summed E-state index contributed by atoms with van der Waals surface area (Å²) in [6.07, 6.45) is 3.64. The number of aromatic nitrogens is 2. The van der Waals surface area contributed by atoms with Crippen LogP contribution in [0.1, 0.15) is 12.1 Å². The first-order chi connectivity index (χ1) is 7.88. The first-order valence-electron chi connectivity index (χ1n) is 5.31. The summed E-state index contributed by atoms with van der Waals surface area (Å²) in [4.78, 5) is 10.5. The van der Waals surface area contributed by atoms with Gasteiger partial charge in [0.1, 0.15) is 0 Å². The molecule has 94 valence electrons. The van der Waals surface area contributed by atoms with Crippen molar-refractivity contribution < 1.29 is 8.42 Å². The van der Waals surface area contributed by atoms with E-state index in [4.69, 9.17) is 0 Å². The highest BCUT2D eigenvalue weighted by Crippen LogP contribution is 2.22. The normalized spacial score (nSPS) is 20.9. The molecular weight excluding hydrogens is 306 g/mol. The Morgan fingerprint density at radius 1 is 1.53 bits per heavy atom. The van der Waals surface area contributed by atoms with Crippen LogP contribution >= 0.6 is 15.9 Å². The van der Waals surface area contributed by atoms with Crippen molar-refractivity contribution in [3.63, 3.8) is 0 Å². The summed E-state index contributed by atoms with van der Waals surface area (Å²) < 4.78 is 23.8. The summed E-state index contributed by atoms with van der Waals surface area (Å²) in [6, 6.07) is 0. The molecule has 1 saturated heterocycles. The minimum atomic E-state index is -2.97. The third kappa shape index (κ3) is 2.77. The van der Waals surface area contributed by atoms with Gasteiger partial charge in [0.15, 0.2) is 9.84 Å². The van der Waals surface area contributed by atoms with Gasteiger partial charge >= 0.3 is 0 Å². The molecule has 0 bridgehead atoms. The van der Waals surface area contributed by atoms with E-state index in [1.165, 1.54) is 6.26 Å². The lowest BCUT2D eigenvalue weighted by Crippen LogP contribution is -2.27. The van der Waals surface area contributed by atoms with Crippen LogP contribution in [0.25, 0.3) is 0 Å². The van der Waals surface area contributed by atoms with E-state index in [2.05, 4.69) is 25.9 Å². The van der Waals surface area contributed by atoms with Gasteiger partial charge in [0.25, 0.3) is 0 Å². The van der Waals surface area contributed by atoms with Crippen LogP contribution in [0.15, 0.2) is 10.7 Å². The van der Waals surface area contributed by atoms with Crippen LogP contribution in [0.5, 0.6) is 0 Å². The van der Waals surface area contributed by atoms with E-state index in [1.807, 2.05) is 11.8 Å². The van der Waals surface area contributed by atoms with Crippen molar-refractivity contribution in [1.29, 1.82) is 0 Å². The Bertz CT molecular complexity index is 532. The summed E-state index contributed by atoms with van der Waals surface area (Å²) >= 11 is 3.34. The van der Waals surface area contributed by atoms with Gasteiger partial charge < -0.3 is 4.90 Å². The van der Waals surface area contributed by atoms with Crippen LogP contribution in [0.3, 0.4) is 0 Å². The molecule has 1 aliphatic heterocycles. The monoisotopic (exact) mass is 319 g/mol. The quantitative estimate of drug-likeness (QED) is 0.818. The van der Waals surface area contributed by atoms with Gasteiger partial charge in [-0.05, 0) is 29.3 Å². The van der Waals surface area contributed by atoms with Crippen molar-refractivity contribution in [3.05, 3.63) is 16.4 Å². The van der Waals surface area contributed by atoms with E-state index in [-0.39, 0.29) is 5.25 Å². The molecule has 1 atom stereocenters. The molecule has 2 rings (SSSR count). The van der Waals surface area contributed by atoms with Gasteiger partial charge in [-0.25, -0.2) is 18.4 Å². The molecule has 0 radical (unpaired) electrons. The maximum Gasteiger partial charge on any atom is 0.225 e. The van der Waals surface area contributed by atoms with Gasteiger partial charge in [0.05, 0.1) is 15.4 Å². The first kappa shape index (κ1) is 12.8. The molecule has 1 aromatic rings. The van der Waals surface area contributed by atoms with Crippen molar-refractivity contribution in [1.82, 2.24) is 9.97 Å². The smallest absolute Gasteiger partial charge is 0.225 e. The fourth-order valence-corrected chi connectivity index (χ4v) is 3.03. The minimum Gasteiger partial charge on any atom is -0.339 e. The van der Waals surface area contributed by atoms with E-state index >= 15 is 0 Å². The number of nitrogens with zero attached hydrogens (tertiary/aromatic N) is 3. The average Bonchev–Trinajstić information content (AvgIpc) is 2.70. The van der Waals surface area contributed by atoms with Crippen molar-refractivity contribution in [3.8, 4) is 0 Å². The molecule has 0 amide bonds. The lowest BCUT2D eigenvalue weighted by Gasteiger charge is -2.16. The van der Waals surface area contributed by atoms with E-state index in [0.29, 0.717) is 25.5 Å². The highest BCUT2D eigenvalue weighted by atomic mass is 79.9. The number of hydrogen-bond acceptors (Lipinski definition) is 5. The molecule has 1 unspecified atom stereocenters. The number of anilines is 1. The third-order valence-electron chi connectivity index (χ3n) is 2.94. The Kier molecular flexibility index (Phi) is 3.40. The summed E-state index contributed by atoms with van der Waals surface area (Å²) in [7, 11) is -2.97. The largest absolute Gasteiger partial charge is 0.339 e. The van der Waals surface area contributed by atoms with Crippen molar-refractivity contribution in [2.45, 2.75) is 18.6 Å². The molecule has 0 aliphatic carbocycles. The Morgan fingerprint density at radius 2 is 2.24 bits per heavy atom. The molecule has 1 aromatic heterocycles. The van der Waals surface area contributed by atoms with Crippen molar-refractivity contribution >= 4 is 31.7 Å². The van der Waals surface area contributed by atoms with Gasteiger partial charge in [-0.3, -0.25) is 0 Å². The first-order valence-corrected chi connectivity index (χ1v) is 8.05. The zero-order valence-electron chi connectivity index (χ0n) is 9.72. The van der Waals surface area contributed by atoms with Gasteiger partial charge in [-0.2, -0.15) is 0 Å². The van der Waals surface area contributed by atoms with E-state index in [0.717, 1.165) is 10.2 Å². The number of hydrogen-bond donors (Lipinski definition) is 0. The van der Waals surface area contributed by atoms with Crippen LogP contribution in [0, 0.1) is 6.92 Å². The topological polar surface area (TPSA) is 63.2 Å². The van der Waals surface area contributed by atoms with Gasteiger partial charge in [0, 0.05) is 25.5 Å². The highest BCUT2D eigenvalue weighted by Gasteiger charge is 2.31. The van der Waals surface area contributed by atoms with Crippen LogP contribution in [-0.4, -0.2) is 43.0 Å². The third-order valence-corrected chi connectivity index (χ3v) is 5.31. The Morgan fingerprint density at radius 3 is 2.76 bits per heavy atom. The fraction of sp³-hybridized carbons (Fsp3) is 0.600. The maximum absolute atomic E-state index is 11.5. The standard InChI is InChI=1S/C10H14BrN3O2S/c1-7-9(11)5-12-10(13-7)14-4-3-8(6-14)17(2,15)16/h5,8H,3-4,6H2,1-2H3. The van der Waals surface area contributed by atoms with Gasteiger partial charge in [-0.15, -0.1) is 0 Å². The zero-order chi connectivity index (χ0) is 12.6. The number of sulfone groups is 1. The predicted molar refractivity (Wildman–Crippen MR) is 69.9 cm³/mol. The number of halogens is 1. The SMILES string of the molecule is Cc1nc(N2CCC(S(C)(=O)=O)C2)ncc1Br. The minimum absolute atomic E-state index is 0.296. The molecule has 0 spiro atoms. The molecule has 0 aromatic carbocycles. The lowest BCUT2D eigenvalue weighted by atomic mass is 10.4. The molecule has 17 heavy (non-hydrogen) atoms. The molecule has 2 heterocycles. The van der Waals surface area contributed by atoms with Crippen LogP contribution in [-0.2, 0) is 9.84 Å². The molecule has 0 saturated carbocycles. The Balaban J connectivity index is 2.18. The van der Waals surface area contributed by atoms with Crippen LogP contribution in [0.4, 0.5) is 5.95 Å². The predicted octanol–water partition coefficient (Wildman–Crippen LogP) is 1.17.